The van der Waals surface area contributed by atoms with Gasteiger partial charge >= 0.3 is 11.8 Å². The van der Waals surface area contributed by atoms with Crippen molar-refractivity contribution in [3.8, 4) is 11.1 Å². The lowest BCUT2D eigenvalue weighted by atomic mass is 10.1. The second kappa shape index (κ2) is 7.13. The van der Waals surface area contributed by atoms with Crippen molar-refractivity contribution < 1.29 is 9.53 Å². The van der Waals surface area contributed by atoms with E-state index in [-0.39, 0.29) is 0 Å². The molecule has 0 spiro atoms. The summed E-state index contributed by atoms with van der Waals surface area (Å²) >= 11 is 0. The molecule has 2 aromatic heterocycles. The molecule has 6 nitrogen and oxygen atoms in total. The number of ether oxygens (including phenoxy) is 1. The highest BCUT2D eigenvalue weighted by atomic mass is 16.6. The lowest BCUT2D eigenvalue weighted by molar-refractivity contribution is 0.0537. The molecule has 0 bridgehead atoms. The van der Waals surface area contributed by atoms with Crippen molar-refractivity contribution in [2.24, 2.45) is 0 Å². The van der Waals surface area contributed by atoms with Gasteiger partial charge in [0, 0.05) is 23.5 Å². The number of carbonyl (C=O) groups is 1. The smallest absolute Gasteiger partial charge is 0.423 e. The number of aromatic nitrogens is 3. The molecule has 2 aromatic carbocycles. The van der Waals surface area contributed by atoms with E-state index in [2.05, 4.69) is 4.98 Å². The van der Waals surface area contributed by atoms with E-state index >= 15 is 0 Å². The molecule has 0 fully saturated rings. The minimum absolute atomic E-state index is 0.364. The lowest BCUT2D eigenvalue weighted by Gasteiger charge is -2.19. The van der Waals surface area contributed by atoms with Crippen LogP contribution in [0.4, 0.5) is 4.79 Å². The summed E-state index contributed by atoms with van der Waals surface area (Å²) in [6, 6.07) is 17.3. The Kier molecular flexibility index (Phi) is 4.62. The van der Waals surface area contributed by atoms with Crippen molar-refractivity contribution in [2.45, 2.75) is 32.9 Å². The SMILES string of the molecule is CC(C)(C)OC(=O)n1c(=O)n(Cc2ccccc2)c2cccc(-c3cc[nH]c3)c21. The van der Waals surface area contributed by atoms with E-state index in [0.717, 1.165) is 21.3 Å². The van der Waals surface area contributed by atoms with Crippen molar-refractivity contribution >= 4 is 17.1 Å². The molecular weight excluding hydrogens is 366 g/mol. The maximum Gasteiger partial charge on any atom is 0.423 e. The summed E-state index contributed by atoms with van der Waals surface area (Å²) in [6.07, 6.45) is 2.97. The zero-order valence-electron chi connectivity index (χ0n) is 16.7. The summed E-state index contributed by atoms with van der Waals surface area (Å²) in [5, 5.41) is 0. The van der Waals surface area contributed by atoms with Crippen LogP contribution in [0.1, 0.15) is 26.3 Å². The molecule has 0 aliphatic rings. The van der Waals surface area contributed by atoms with Crippen molar-refractivity contribution in [1.29, 1.82) is 0 Å². The minimum atomic E-state index is -0.715. The van der Waals surface area contributed by atoms with Gasteiger partial charge in [-0.1, -0.05) is 42.5 Å². The number of carbonyl (C=O) groups excluding carboxylic acids is 1. The van der Waals surface area contributed by atoms with Crippen LogP contribution < -0.4 is 5.69 Å². The van der Waals surface area contributed by atoms with E-state index in [1.807, 2.05) is 67.0 Å². The predicted octanol–water partition coefficient (Wildman–Crippen LogP) is 4.63. The van der Waals surface area contributed by atoms with Gasteiger partial charge in [0.15, 0.2) is 0 Å². The molecule has 6 heteroatoms. The van der Waals surface area contributed by atoms with Gasteiger partial charge in [-0.2, -0.15) is 4.57 Å². The van der Waals surface area contributed by atoms with Gasteiger partial charge in [0.25, 0.3) is 0 Å². The van der Waals surface area contributed by atoms with Crippen LogP contribution in [0.2, 0.25) is 0 Å². The molecule has 0 unspecified atom stereocenters. The number of nitrogens with zero attached hydrogens (tertiary/aromatic N) is 2. The predicted molar refractivity (Wildman–Crippen MR) is 113 cm³/mol. The molecule has 0 aliphatic carbocycles. The third-order valence-corrected chi connectivity index (χ3v) is 4.62. The van der Waals surface area contributed by atoms with Crippen LogP contribution in [0.3, 0.4) is 0 Å². The summed E-state index contributed by atoms with van der Waals surface area (Å²) in [7, 11) is 0. The molecule has 0 radical (unpaired) electrons. The number of rotatable bonds is 3. The first kappa shape index (κ1) is 18.8. The fraction of sp³-hybridized carbons (Fsp3) is 0.217. The minimum Gasteiger partial charge on any atom is -0.443 e. The normalized spacial score (nSPS) is 11.7. The van der Waals surface area contributed by atoms with Gasteiger partial charge in [-0.15, -0.1) is 0 Å². The number of hydrogen-bond donors (Lipinski definition) is 1. The van der Waals surface area contributed by atoms with Gasteiger partial charge < -0.3 is 9.72 Å². The Morgan fingerprint density at radius 1 is 1.03 bits per heavy atom. The number of aromatic amines is 1. The van der Waals surface area contributed by atoms with Gasteiger partial charge in [-0.25, -0.2) is 9.59 Å². The van der Waals surface area contributed by atoms with E-state index in [1.165, 1.54) is 0 Å². The number of H-pyrrole nitrogens is 1. The number of fused-ring (bicyclic) bond motifs is 1. The first-order valence-electron chi connectivity index (χ1n) is 9.50. The highest BCUT2D eigenvalue weighted by molar-refractivity contribution is 5.97. The van der Waals surface area contributed by atoms with E-state index < -0.39 is 17.4 Å². The van der Waals surface area contributed by atoms with Crippen LogP contribution in [0, 0.1) is 0 Å². The zero-order valence-corrected chi connectivity index (χ0v) is 16.7. The number of para-hydroxylation sites is 1. The van der Waals surface area contributed by atoms with Crippen molar-refractivity contribution in [2.75, 3.05) is 0 Å². The topological polar surface area (TPSA) is 69.0 Å². The maximum absolute atomic E-state index is 13.4. The summed E-state index contributed by atoms with van der Waals surface area (Å²) < 4.78 is 8.31. The highest BCUT2D eigenvalue weighted by Gasteiger charge is 2.26. The largest absolute Gasteiger partial charge is 0.443 e. The number of hydrogen-bond acceptors (Lipinski definition) is 3. The van der Waals surface area contributed by atoms with Gasteiger partial charge in [-0.3, -0.25) is 4.57 Å². The molecule has 0 saturated carbocycles. The van der Waals surface area contributed by atoms with Crippen molar-refractivity contribution in [1.82, 2.24) is 14.1 Å². The molecule has 1 N–H and O–H groups in total. The van der Waals surface area contributed by atoms with Crippen molar-refractivity contribution in [3.05, 3.63) is 83.0 Å². The molecule has 0 atom stereocenters. The molecule has 29 heavy (non-hydrogen) atoms. The summed E-state index contributed by atoms with van der Waals surface area (Å²) in [5.41, 5.74) is 2.76. The van der Waals surface area contributed by atoms with Gasteiger partial charge in [-0.05, 0) is 38.5 Å². The Morgan fingerprint density at radius 2 is 1.79 bits per heavy atom. The van der Waals surface area contributed by atoms with Crippen LogP contribution in [0.15, 0.2) is 71.8 Å². The number of imidazole rings is 1. The van der Waals surface area contributed by atoms with Crippen molar-refractivity contribution in [3.63, 3.8) is 0 Å². The van der Waals surface area contributed by atoms with Gasteiger partial charge in [0.05, 0.1) is 17.6 Å². The fourth-order valence-electron chi connectivity index (χ4n) is 3.42. The Morgan fingerprint density at radius 3 is 2.45 bits per heavy atom. The van der Waals surface area contributed by atoms with E-state index in [4.69, 9.17) is 4.74 Å². The molecular formula is C23H23N3O3. The monoisotopic (exact) mass is 389 g/mol. The summed E-state index contributed by atoms with van der Waals surface area (Å²) in [6.45, 7) is 5.72. The molecule has 148 valence electrons. The quantitative estimate of drug-likeness (QED) is 0.555. The second-order valence-electron chi connectivity index (χ2n) is 7.94. The van der Waals surface area contributed by atoms with Crippen LogP contribution >= 0.6 is 0 Å². The summed E-state index contributed by atoms with van der Waals surface area (Å²) in [4.78, 5) is 29.4. The molecule has 0 aliphatic heterocycles. The van der Waals surface area contributed by atoms with Crippen LogP contribution in [-0.2, 0) is 11.3 Å². The van der Waals surface area contributed by atoms with Crippen LogP contribution in [0.5, 0.6) is 0 Å². The first-order chi connectivity index (χ1) is 13.8. The Balaban J connectivity index is 1.98. The first-order valence-corrected chi connectivity index (χ1v) is 9.50. The average Bonchev–Trinajstić information content (AvgIpc) is 3.29. The Hall–Kier alpha value is -3.54. The lowest BCUT2D eigenvalue weighted by Crippen LogP contribution is -2.34. The van der Waals surface area contributed by atoms with E-state index in [1.54, 1.807) is 25.3 Å². The van der Waals surface area contributed by atoms with Crippen LogP contribution in [-0.4, -0.2) is 25.8 Å². The van der Waals surface area contributed by atoms with E-state index in [0.29, 0.717) is 17.6 Å². The standard InChI is InChI=1S/C23H23N3O3/c1-23(2,3)29-22(28)26-20-18(17-12-13-24-14-17)10-7-11-19(20)25(21(26)27)15-16-8-5-4-6-9-16/h4-14,24H,15H2,1-3H3. The maximum atomic E-state index is 13.4. The molecule has 2 heterocycles. The highest BCUT2D eigenvalue weighted by Crippen LogP contribution is 2.29. The third kappa shape index (κ3) is 3.61. The Bertz CT molecular complexity index is 1210. The summed E-state index contributed by atoms with van der Waals surface area (Å²) in [5.74, 6) is 0. The van der Waals surface area contributed by atoms with Gasteiger partial charge in [0.1, 0.15) is 5.60 Å². The van der Waals surface area contributed by atoms with E-state index in [9.17, 15) is 9.59 Å². The average molecular weight is 389 g/mol. The number of benzene rings is 2. The molecule has 0 amide bonds. The van der Waals surface area contributed by atoms with Gasteiger partial charge in [0.2, 0.25) is 0 Å². The molecule has 4 aromatic rings. The number of nitrogens with one attached hydrogen (secondary N) is 1. The van der Waals surface area contributed by atoms with Crippen LogP contribution in [0.25, 0.3) is 22.2 Å². The third-order valence-electron chi connectivity index (χ3n) is 4.62. The zero-order chi connectivity index (χ0) is 20.6. The molecule has 4 rings (SSSR count). The Labute approximate surface area is 168 Å². The fourth-order valence-corrected chi connectivity index (χ4v) is 3.42. The second-order valence-corrected chi connectivity index (χ2v) is 7.94. The molecule has 0 saturated heterocycles.